The molecule has 6 heteroatoms. The Labute approximate surface area is 126 Å². The first-order valence-electron chi connectivity index (χ1n) is 7.12. The number of hydrogen-bond acceptors (Lipinski definition) is 4. The second-order valence-corrected chi connectivity index (χ2v) is 7.57. The standard InChI is InChI=1S/C15H23NO4S/c1-12-5-6-13(14(9-12)19-2)20-10-15(7-3-4-8-15)11-21(16,17)18/h5-6,9H,3-4,7-8,10-11H2,1-2H3,(H2,16,17,18). The fraction of sp³-hybridized carbons (Fsp3) is 0.600. The summed E-state index contributed by atoms with van der Waals surface area (Å²) in [6, 6.07) is 5.70. The molecule has 0 aromatic heterocycles. The molecule has 0 unspecified atom stereocenters. The molecule has 0 bridgehead atoms. The van der Waals surface area contributed by atoms with E-state index in [9.17, 15) is 8.42 Å². The van der Waals surface area contributed by atoms with Gasteiger partial charge >= 0.3 is 0 Å². The van der Waals surface area contributed by atoms with E-state index in [1.165, 1.54) is 0 Å². The smallest absolute Gasteiger partial charge is 0.209 e. The van der Waals surface area contributed by atoms with Crippen LogP contribution in [0.15, 0.2) is 18.2 Å². The lowest BCUT2D eigenvalue weighted by Gasteiger charge is -2.28. The molecular weight excluding hydrogens is 290 g/mol. The zero-order valence-electron chi connectivity index (χ0n) is 12.6. The Balaban J connectivity index is 2.12. The van der Waals surface area contributed by atoms with Gasteiger partial charge in [-0.25, -0.2) is 13.6 Å². The van der Waals surface area contributed by atoms with Gasteiger partial charge in [-0.05, 0) is 37.5 Å². The Kier molecular flexibility index (Phi) is 4.78. The molecule has 1 aromatic rings. The highest BCUT2D eigenvalue weighted by Gasteiger charge is 2.38. The van der Waals surface area contributed by atoms with E-state index >= 15 is 0 Å². The van der Waals surface area contributed by atoms with Crippen LogP contribution >= 0.6 is 0 Å². The van der Waals surface area contributed by atoms with Gasteiger partial charge in [0.2, 0.25) is 10.0 Å². The molecule has 118 valence electrons. The maximum absolute atomic E-state index is 11.5. The number of rotatable bonds is 6. The van der Waals surface area contributed by atoms with Gasteiger partial charge < -0.3 is 9.47 Å². The van der Waals surface area contributed by atoms with Crippen molar-refractivity contribution in [2.45, 2.75) is 32.6 Å². The zero-order valence-corrected chi connectivity index (χ0v) is 13.4. The second-order valence-electron chi connectivity index (χ2n) is 5.96. The monoisotopic (exact) mass is 313 g/mol. The van der Waals surface area contributed by atoms with E-state index in [1.54, 1.807) is 7.11 Å². The first-order chi connectivity index (χ1) is 9.84. The van der Waals surface area contributed by atoms with Gasteiger partial charge in [0, 0.05) is 5.41 Å². The number of benzene rings is 1. The van der Waals surface area contributed by atoms with Crippen LogP contribution in [-0.4, -0.2) is 27.9 Å². The molecule has 1 aliphatic carbocycles. The average Bonchev–Trinajstić information content (AvgIpc) is 2.83. The van der Waals surface area contributed by atoms with Crippen molar-refractivity contribution >= 4 is 10.0 Å². The van der Waals surface area contributed by atoms with Crippen LogP contribution in [0.3, 0.4) is 0 Å². The van der Waals surface area contributed by atoms with Crippen molar-refractivity contribution in [3.05, 3.63) is 23.8 Å². The van der Waals surface area contributed by atoms with Crippen molar-refractivity contribution < 1.29 is 17.9 Å². The van der Waals surface area contributed by atoms with E-state index in [1.807, 2.05) is 25.1 Å². The third kappa shape index (κ3) is 4.35. The Hall–Kier alpha value is -1.27. The van der Waals surface area contributed by atoms with Crippen LogP contribution in [0.4, 0.5) is 0 Å². The second kappa shape index (κ2) is 6.23. The van der Waals surface area contributed by atoms with Crippen molar-refractivity contribution in [3.63, 3.8) is 0 Å². The maximum Gasteiger partial charge on any atom is 0.209 e. The summed E-state index contributed by atoms with van der Waals surface area (Å²) in [5.41, 5.74) is 0.711. The average molecular weight is 313 g/mol. The molecular formula is C15H23NO4S. The van der Waals surface area contributed by atoms with E-state index in [2.05, 4.69) is 0 Å². The zero-order chi connectivity index (χ0) is 15.5. The number of nitrogens with two attached hydrogens (primary N) is 1. The van der Waals surface area contributed by atoms with Gasteiger partial charge in [-0.2, -0.15) is 0 Å². The van der Waals surface area contributed by atoms with Crippen LogP contribution in [-0.2, 0) is 10.0 Å². The first kappa shape index (κ1) is 16.1. The fourth-order valence-corrected chi connectivity index (χ4v) is 4.23. The van der Waals surface area contributed by atoms with Gasteiger partial charge in [-0.1, -0.05) is 18.9 Å². The largest absolute Gasteiger partial charge is 0.493 e. The summed E-state index contributed by atoms with van der Waals surface area (Å²) in [6.07, 6.45) is 3.70. The molecule has 0 saturated heterocycles. The van der Waals surface area contributed by atoms with Crippen molar-refractivity contribution in [2.75, 3.05) is 19.5 Å². The van der Waals surface area contributed by atoms with Crippen LogP contribution in [0.25, 0.3) is 0 Å². The third-order valence-electron chi connectivity index (χ3n) is 4.02. The fourth-order valence-electron chi connectivity index (χ4n) is 3.01. The molecule has 21 heavy (non-hydrogen) atoms. The molecule has 1 saturated carbocycles. The van der Waals surface area contributed by atoms with Gasteiger partial charge in [-0.3, -0.25) is 0 Å². The molecule has 2 rings (SSSR count). The van der Waals surface area contributed by atoms with Crippen LogP contribution in [0, 0.1) is 12.3 Å². The van der Waals surface area contributed by atoms with E-state index in [0.29, 0.717) is 18.1 Å². The minimum Gasteiger partial charge on any atom is -0.493 e. The molecule has 0 heterocycles. The summed E-state index contributed by atoms with van der Waals surface area (Å²) in [5.74, 6) is 1.29. The molecule has 0 atom stereocenters. The molecule has 1 aromatic carbocycles. The third-order valence-corrected chi connectivity index (χ3v) is 5.04. The van der Waals surface area contributed by atoms with Crippen LogP contribution < -0.4 is 14.6 Å². The Morgan fingerprint density at radius 2 is 1.90 bits per heavy atom. The predicted molar refractivity (Wildman–Crippen MR) is 82.1 cm³/mol. The highest BCUT2D eigenvalue weighted by molar-refractivity contribution is 7.89. The highest BCUT2D eigenvalue weighted by atomic mass is 32.2. The van der Waals surface area contributed by atoms with Crippen molar-refractivity contribution in [2.24, 2.45) is 10.6 Å². The lowest BCUT2D eigenvalue weighted by atomic mass is 9.90. The molecule has 2 N–H and O–H groups in total. The van der Waals surface area contributed by atoms with Crippen LogP contribution in [0.2, 0.25) is 0 Å². The Morgan fingerprint density at radius 3 is 2.48 bits per heavy atom. The van der Waals surface area contributed by atoms with Crippen LogP contribution in [0.5, 0.6) is 11.5 Å². The first-order valence-corrected chi connectivity index (χ1v) is 8.83. The van der Waals surface area contributed by atoms with Gasteiger partial charge in [0.05, 0.1) is 19.5 Å². The number of aryl methyl sites for hydroxylation is 1. The summed E-state index contributed by atoms with van der Waals surface area (Å²) in [7, 11) is -1.91. The highest BCUT2D eigenvalue weighted by Crippen LogP contribution is 2.40. The lowest BCUT2D eigenvalue weighted by Crippen LogP contribution is -2.36. The summed E-state index contributed by atoms with van der Waals surface area (Å²) >= 11 is 0. The van der Waals surface area contributed by atoms with E-state index < -0.39 is 10.0 Å². The van der Waals surface area contributed by atoms with E-state index in [0.717, 1.165) is 31.2 Å². The van der Waals surface area contributed by atoms with E-state index in [4.69, 9.17) is 14.6 Å². The summed E-state index contributed by atoms with van der Waals surface area (Å²) in [5, 5.41) is 5.24. The van der Waals surface area contributed by atoms with Gasteiger partial charge in [0.15, 0.2) is 11.5 Å². The van der Waals surface area contributed by atoms with Gasteiger partial charge in [0.25, 0.3) is 0 Å². The molecule has 0 amide bonds. The van der Waals surface area contributed by atoms with Crippen molar-refractivity contribution in [3.8, 4) is 11.5 Å². The minimum absolute atomic E-state index is 0.0197. The summed E-state index contributed by atoms with van der Waals surface area (Å²) in [4.78, 5) is 0. The molecule has 0 spiro atoms. The topological polar surface area (TPSA) is 78.6 Å². The van der Waals surface area contributed by atoms with Crippen molar-refractivity contribution in [1.29, 1.82) is 0 Å². The molecule has 0 radical (unpaired) electrons. The quantitative estimate of drug-likeness (QED) is 0.873. The van der Waals surface area contributed by atoms with Crippen LogP contribution in [0.1, 0.15) is 31.2 Å². The van der Waals surface area contributed by atoms with Gasteiger partial charge in [0.1, 0.15) is 0 Å². The summed E-state index contributed by atoms with van der Waals surface area (Å²) < 4.78 is 34.1. The number of methoxy groups -OCH3 is 1. The molecule has 5 nitrogen and oxygen atoms in total. The normalized spacial score (nSPS) is 17.7. The predicted octanol–water partition coefficient (Wildman–Crippen LogP) is 2.23. The Bertz CT molecular complexity index is 592. The number of primary sulfonamides is 1. The van der Waals surface area contributed by atoms with Crippen molar-refractivity contribution in [1.82, 2.24) is 0 Å². The Morgan fingerprint density at radius 1 is 1.24 bits per heavy atom. The molecule has 0 aliphatic heterocycles. The van der Waals surface area contributed by atoms with Gasteiger partial charge in [-0.15, -0.1) is 0 Å². The number of hydrogen-bond donors (Lipinski definition) is 1. The lowest BCUT2D eigenvalue weighted by molar-refractivity contribution is 0.166. The number of ether oxygens (including phenoxy) is 2. The minimum atomic E-state index is -3.50. The SMILES string of the molecule is COc1cc(C)ccc1OCC1(CS(N)(=O)=O)CCCC1. The molecule has 1 aliphatic rings. The summed E-state index contributed by atoms with van der Waals surface area (Å²) in [6.45, 7) is 2.33. The number of sulfonamides is 1. The van der Waals surface area contributed by atoms with E-state index in [-0.39, 0.29) is 11.2 Å². The molecule has 1 fully saturated rings. The maximum atomic E-state index is 11.5.